The van der Waals surface area contributed by atoms with Gasteiger partial charge in [-0.05, 0) is 57.2 Å². The number of benzene rings is 2. The van der Waals surface area contributed by atoms with Gasteiger partial charge < -0.3 is 14.6 Å². The van der Waals surface area contributed by atoms with Crippen molar-refractivity contribution in [2.75, 3.05) is 11.9 Å². The summed E-state index contributed by atoms with van der Waals surface area (Å²) in [6.07, 6.45) is 0. The Labute approximate surface area is 180 Å². The second kappa shape index (κ2) is 8.75. The highest BCUT2D eigenvalue weighted by molar-refractivity contribution is 7.89. The van der Waals surface area contributed by atoms with E-state index in [1.54, 1.807) is 6.07 Å². The molecule has 2 aromatic carbocycles. The number of nitrogens with zero attached hydrogens (tertiary/aromatic N) is 1. The standard InChI is InChI=1S/C22H23N3O5S/c1-14-7-9-18(10-8-14)25-15(2)11-20(16(25)3)22(27)30-13-21(26)24-17-5-4-6-19(12-17)31(23,28)29/h4-12H,13H2,1-3H3,(H,24,26)(H2,23,28,29). The number of esters is 1. The summed E-state index contributed by atoms with van der Waals surface area (Å²) in [5, 5.41) is 7.57. The van der Waals surface area contributed by atoms with Crippen LogP contribution in [0.5, 0.6) is 0 Å². The van der Waals surface area contributed by atoms with Gasteiger partial charge in [0.25, 0.3) is 5.91 Å². The van der Waals surface area contributed by atoms with E-state index in [0.29, 0.717) is 11.3 Å². The van der Waals surface area contributed by atoms with Gasteiger partial charge in [-0.3, -0.25) is 4.79 Å². The van der Waals surface area contributed by atoms with E-state index in [9.17, 15) is 18.0 Å². The lowest BCUT2D eigenvalue weighted by atomic mass is 10.2. The number of nitrogens with two attached hydrogens (primary N) is 1. The Morgan fingerprint density at radius 3 is 2.35 bits per heavy atom. The fourth-order valence-electron chi connectivity index (χ4n) is 3.22. The number of hydrogen-bond acceptors (Lipinski definition) is 5. The topological polar surface area (TPSA) is 120 Å². The third kappa shape index (κ3) is 5.19. The molecule has 1 aromatic heterocycles. The average Bonchev–Trinajstić information content (AvgIpc) is 3.01. The minimum absolute atomic E-state index is 0.133. The van der Waals surface area contributed by atoms with Gasteiger partial charge in [0, 0.05) is 22.8 Å². The van der Waals surface area contributed by atoms with Crippen LogP contribution in [0.25, 0.3) is 5.69 Å². The molecule has 3 N–H and O–H groups in total. The highest BCUT2D eigenvalue weighted by Gasteiger charge is 2.19. The molecule has 0 radical (unpaired) electrons. The highest BCUT2D eigenvalue weighted by Crippen LogP contribution is 2.22. The molecule has 3 aromatic rings. The van der Waals surface area contributed by atoms with Crippen molar-refractivity contribution in [3.8, 4) is 5.69 Å². The molecular formula is C22H23N3O5S. The number of aromatic nitrogens is 1. The fourth-order valence-corrected chi connectivity index (χ4v) is 3.78. The Hall–Kier alpha value is -3.43. The predicted octanol–water partition coefficient (Wildman–Crippen LogP) is 2.85. The zero-order chi connectivity index (χ0) is 22.8. The second-order valence-electron chi connectivity index (χ2n) is 7.15. The number of amides is 1. The van der Waals surface area contributed by atoms with Crippen LogP contribution in [-0.4, -0.2) is 31.5 Å². The Bertz CT molecular complexity index is 1240. The van der Waals surface area contributed by atoms with Crippen LogP contribution in [0.15, 0.2) is 59.5 Å². The molecule has 0 saturated carbocycles. The first-order chi connectivity index (χ1) is 14.6. The summed E-state index contributed by atoms with van der Waals surface area (Å²) in [4.78, 5) is 24.6. The molecule has 0 fully saturated rings. The second-order valence-corrected chi connectivity index (χ2v) is 8.71. The van der Waals surface area contributed by atoms with Crippen LogP contribution in [0.2, 0.25) is 0 Å². The monoisotopic (exact) mass is 441 g/mol. The van der Waals surface area contributed by atoms with Gasteiger partial charge in [0.05, 0.1) is 10.5 Å². The fraction of sp³-hybridized carbons (Fsp3) is 0.182. The van der Waals surface area contributed by atoms with E-state index < -0.39 is 28.5 Å². The maximum absolute atomic E-state index is 12.5. The molecule has 0 unspecified atom stereocenters. The number of sulfonamides is 1. The Balaban J connectivity index is 1.68. The molecule has 1 amide bonds. The summed E-state index contributed by atoms with van der Waals surface area (Å²) in [7, 11) is -3.89. The van der Waals surface area contributed by atoms with Crippen LogP contribution in [0.3, 0.4) is 0 Å². The van der Waals surface area contributed by atoms with Crippen molar-refractivity contribution in [3.05, 3.63) is 77.1 Å². The van der Waals surface area contributed by atoms with Gasteiger partial charge in [0.2, 0.25) is 10.0 Å². The molecule has 0 spiro atoms. The van der Waals surface area contributed by atoms with Crippen LogP contribution in [0.1, 0.15) is 27.3 Å². The number of ether oxygens (including phenoxy) is 1. The van der Waals surface area contributed by atoms with Gasteiger partial charge in [-0.1, -0.05) is 23.8 Å². The Morgan fingerprint density at radius 2 is 1.71 bits per heavy atom. The van der Waals surface area contributed by atoms with Crippen molar-refractivity contribution >= 4 is 27.6 Å². The van der Waals surface area contributed by atoms with Crippen molar-refractivity contribution in [1.82, 2.24) is 4.57 Å². The summed E-state index contributed by atoms with van der Waals surface area (Å²) in [6.45, 7) is 5.17. The number of nitrogens with one attached hydrogen (secondary N) is 1. The number of carbonyl (C=O) groups is 2. The molecule has 3 rings (SSSR count). The number of anilines is 1. The number of carbonyl (C=O) groups excluding carboxylic acids is 2. The van der Waals surface area contributed by atoms with E-state index in [-0.39, 0.29) is 10.6 Å². The van der Waals surface area contributed by atoms with E-state index in [1.807, 2.05) is 49.6 Å². The zero-order valence-corrected chi connectivity index (χ0v) is 18.2. The van der Waals surface area contributed by atoms with Gasteiger partial charge in [0.1, 0.15) is 0 Å². The smallest absolute Gasteiger partial charge is 0.340 e. The maximum atomic E-state index is 12.5. The molecule has 162 valence electrons. The van der Waals surface area contributed by atoms with Crippen molar-refractivity contribution in [2.45, 2.75) is 25.7 Å². The molecule has 31 heavy (non-hydrogen) atoms. The lowest BCUT2D eigenvalue weighted by molar-refractivity contribution is -0.119. The lowest BCUT2D eigenvalue weighted by Crippen LogP contribution is -2.21. The number of primary sulfonamides is 1. The maximum Gasteiger partial charge on any atom is 0.340 e. The van der Waals surface area contributed by atoms with Gasteiger partial charge in [-0.25, -0.2) is 18.4 Å². The van der Waals surface area contributed by atoms with E-state index in [2.05, 4.69) is 5.32 Å². The molecule has 0 aliphatic carbocycles. The number of hydrogen-bond donors (Lipinski definition) is 2. The minimum Gasteiger partial charge on any atom is -0.452 e. The zero-order valence-electron chi connectivity index (χ0n) is 17.4. The summed E-state index contributed by atoms with van der Waals surface area (Å²) in [5.41, 5.74) is 4.20. The average molecular weight is 442 g/mol. The molecular weight excluding hydrogens is 418 g/mol. The van der Waals surface area contributed by atoms with Crippen LogP contribution in [0, 0.1) is 20.8 Å². The van der Waals surface area contributed by atoms with Crippen LogP contribution in [-0.2, 0) is 19.6 Å². The van der Waals surface area contributed by atoms with E-state index in [4.69, 9.17) is 9.88 Å². The molecule has 1 heterocycles. The molecule has 0 atom stereocenters. The Morgan fingerprint density at radius 1 is 1.03 bits per heavy atom. The van der Waals surface area contributed by atoms with Crippen molar-refractivity contribution in [2.24, 2.45) is 5.14 Å². The summed E-state index contributed by atoms with van der Waals surface area (Å²) in [6, 6.07) is 15.1. The van der Waals surface area contributed by atoms with E-state index in [1.165, 1.54) is 24.3 Å². The lowest BCUT2D eigenvalue weighted by Gasteiger charge is -2.10. The normalized spacial score (nSPS) is 11.2. The number of rotatable bonds is 6. The SMILES string of the molecule is Cc1ccc(-n2c(C)cc(C(=O)OCC(=O)Nc3cccc(S(N)(=O)=O)c3)c2C)cc1. The van der Waals surface area contributed by atoms with Gasteiger partial charge in [-0.2, -0.15) is 0 Å². The molecule has 8 nitrogen and oxygen atoms in total. The van der Waals surface area contributed by atoms with E-state index >= 15 is 0 Å². The number of aryl methyl sites for hydroxylation is 2. The predicted molar refractivity (Wildman–Crippen MR) is 117 cm³/mol. The van der Waals surface area contributed by atoms with Crippen molar-refractivity contribution < 1.29 is 22.7 Å². The minimum atomic E-state index is -3.89. The Kier molecular flexibility index (Phi) is 6.28. The van der Waals surface area contributed by atoms with Crippen molar-refractivity contribution in [1.29, 1.82) is 0 Å². The molecule has 0 aliphatic heterocycles. The summed E-state index contributed by atoms with van der Waals surface area (Å²) >= 11 is 0. The first-order valence-corrected chi connectivity index (χ1v) is 11.0. The van der Waals surface area contributed by atoms with Crippen LogP contribution in [0.4, 0.5) is 5.69 Å². The quantitative estimate of drug-likeness (QED) is 0.570. The van der Waals surface area contributed by atoms with Gasteiger partial charge in [0.15, 0.2) is 6.61 Å². The van der Waals surface area contributed by atoms with E-state index in [0.717, 1.165) is 16.9 Å². The third-order valence-corrected chi connectivity index (χ3v) is 5.63. The van der Waals surface area contributed by atoms with Crippen LogP contribution >= 0.6 is 0 Å². The molecule has 9 heteroatoms. The largest absolute Gasteiger partial charge is 0.452 e. The summed E-state index contributed by atoms with van der Waals surface area (Å²) < 4.78 is 29.9. The van der Waals surface area contributed by atoms with Gasteiger partial charge in [-0.15, -0.1) is 0 Å². The summed E-state index contributed by atoms with van der Waals surface area (Å²) in [5.74, 6) is -1.23. The molecule has 0 aliphatic rings. The highest BCUT2D eigenvalue weighted by atomic mass is 32.2. The third-order valence-electron chi connectivity index (χ3n) is 4.72. The first-order valence-electron chi connectivity index (χ1n) is 9.42. The van der Waals surface area contributed by atoms with Crippen molar-refractivity contribution in [3.63, 3.8) is 0 Å². The molecule has 0 bridgehead atoms. The first kappa shape index (κ1) is 22.3. The molecule has 0 saturated heterocycles. The van der Waals surface area contributed by atoms with Gasteiger partial charge >= 0.3 is 5.97 Å². The van der Waals surface area contributed by atoms with Crippen LogP contribution < -0.4 is 10.5 Å².